The summed E-state index contributed by atoms with van der Waals surface area (Å²) in [6.07, 6.45) is 2.77. The molecule has 136 valence electrons. The molecule has 2 rings (SSSR count). The molecule has 25 heavy (non-hydrogen) atoms. The van der Waals surface area contributed by atoms with Crippen molar-refractivity contribution in [2.75, 3.05) is 19.8 Å². The molecule has 0 fully saturated rings. The highest BCUT2D eigenvalue weighted by atomic mass is 16.5. The van der Waals surface area contributed by atoms with E-state index in [1.54, 1.807) is 12.1 Å². The number of hydrogen-bond donors (Lipinski definition) is 1. The zero-order valence-corrected chi connectivity index (χ0v) is 15.4. The molecule has 2 aromatic rings. The first-order chi connectivity index (χ1) is 12.2. The molecule has 1 N–H and O–H groups in total. The standard InChI is InChI=1S/C21H28O4/c1-4-23-19-13-11-17(21(15-19)25-6-3)9-7-8-16-10-12-18(22)14-20(16)24-5-2/h10-15,22H,4-9H2,1-3H3. The zero-order valence-electron chi connectivity index (χ0n) is 15.4. The molecule has 4 heteroatoms. The van der Waals surface area contributed by atoms with E-state index in [1.165, 1.54) is 5.56 Å². The van der Waals surface area contributed by atoms with E-state index in [2.05, 4.69) is 6.07 Å². The molecule has 0 unspecified atom stereocenters. The molecule has 0 bridgehead atoms. The van der Waals surface area contributed by atoms with Gasteiger partial charge in [-0.05, 0) is 63.3 Å². The summed E-state index contributed by atoms with van der Waals surface area (Å²) in [5, 5.41) is 9.62. The number of aryl methyl sites for hydroxylation is 2. The van der Waals surface area contributed by atoms with Gasteiger partial charge in [-0.2, -0.15) is 0 Å². The number of aromatic hydroxyl groups is 1. The van der Waals surface area contributed by atoms with Gasteiger partial charge in [0.2, 0.25) is 0 Å². The maximum atomic E-state index is 9.62. The Balaban J connectivity index is 2.04. The van der Waals surface area contributed by atoms with Crippen molar-refractivity contribution < 1.29 is 19.3 Å². The van der Waals surface area contributed by atoms with E-state index >= 15 is 0 Å². The topological polar surface area (TPSA) is 47.9 Å². The molecule has 0 saturated carbocycles. The monoisotopic (exact) mass is 344 g/mol. The summed E-state index contributed by atoms with van der Waals surface area (Å²) in [6, 6.07) is 11.4. The van der Waals surface area contributed by atoms with Crippen LogP contribution in [0.15, 0.2) is 36.4 Å². The second-order valence-electron chi connectivity index (χ2n) is 5.71. The van der Waals surface area contributed by atoms with E-state index in [1.807, 2.05) is 39.0 Å². The van der Waals surface area contributed by atoms with Gasteiger partial charge in [-0.1, -0.05) is 12.1 Å². The van der Waals surface area contributed by atoms with Gasteiger partial charge in [0, 0.05) is 12.1 Å². The minimum Gasteiger partial charge on any atom is -0.508 e. The molecule has 0 aromatic heterocycles. The Kier molecular flexibility index (Phi) is 7.45. The lowest BCUT2D eigenvalue weighted by Gasteiger charge is -2.14. The maximum absolute atomic E-state index is 9.62. The molecule has 4 nitrogen and oxygen atoms in total. The van der Waals surface area contributed by atoms with E-state index in [0.717, 1.165) is 42.1 Å². The van der Waals surface area contributed by atoms with Crippen LogP contribution in [0.25, 0.3) is 0 Å². The van der Waals surface area contributed by atoms with Crippen LogP contribution in [0, 0.1) is 0 Å². The summed E-state index contributed by atoms with van der Waals surface area (Å²) < 4.78 is 16.9. The van der Waals surface area contributed by atoms with Crippen molar-refractivity contribution >= 4 is 0 Å². The van der Waals surface area contributed by atoms with Gasteiger partial charge in [-0.25, -0.2) is 0 Å². The van der Waals surface area contributed by atoms with Crippen LogP contribution in [0.5, 0.6) is 23.0 Å². The summed E-state index contributed by atoms with van der Waals surface area (Å²) in [4.78, 5) is 0. The van der Waals surface area contributed by atoms with Crippen LogP contribution in [0.1, 0.15) is 38.3 Å². The van der Waals surface area contributed by atoms with Gasteiger partial charge in [0.1, 0.15) is 23.0 Å². The molecule has 0 aliphatic rings. The predicted octanol–water partition coefficient (Wildman–Crippen LogP) is 4.76. The van der Waals surface area contributed by atoms with Gasteiger partial charge >= 0.3 is 0 Å². The van der Waals surface area contributed by atoms with Crippen LogP contribution in [-0.2, 0) is 12.8 Å². The Morgan fingerprint density at radius 1 is 0.720 bits per heavy atom. The van der Waals surface area contributed by atoms with Crippen LogP contribution in [0.3, 0.4) is 0 Å². The van der Waals surface area contributed by atoms with Crippen LogP contribution >= 0.6 is 0 Å². The van der Waals surface area contributed by atoms with Gasteiger partial charge in [-0.15, -0.1) is 0 Å². The maximum Gasteiger partial charge on any atom is 0.126 e. The molecule has 0 spiro atoms. The molecule has 0 radical (unpaired) electrons. The minimum absolute atomic E-state index is 0.234. The van der Waals surface area contributed by atoms with E-state index in [9.17, 15) is 5.11 Å². The van der Waals surface area contributed by atoms with Crippen molar-refractivity contribution in [3.05, 3.63) is 47.5 Å². The number of ether oxygens (including phenoxy) is 3. The van der Waals surface area contributed by atoms with E-state index in [0.29, 0.717) is 19.8 Å². The lowest BCUT2D eigenvalue weighted by Crippen LogP contribution is -2.01. The lowest BCUT2D eigenvalue weighted by molar-refractivity contribution is 0.320. The number of phenols is 1. The Morgan fingerprint density at radius 3 is 1.88 bits per heavy atom. The third-order valence-corrected chi connectivity index (χ3v) is 3.89. The Morgan fingerprint density at radius 2 is 1.28 bits per heavy atom. The molecular weight excluding hydrogens is 316 g/mol. The van der Waals surface area contributed by atoms with Crippen molar-refractivity contribution in [1.29, 1.82) is 0 Å². The van der Waals surface area contributed by atoms with Gasteiger partial charge in [0.15, 0.2) is 0 Å². The Hall–Kier alpha value is -2.36. The molecule has 2 aromatic carbocycles. The highest BCUT2D eigenvalue weighted by Gasteiger charge is 2.09. The van der Waals surface area contributed by atoms with Crippen LogP contribution in [0.2, 0.25) is 0 Å². The molecule has 0 saturated heterocycles. The molecule has 0 heterocycles. The van der Waals surface area contributed by atoms with Crippen LogP contribution in [0.4, 0.5) is 0 Å². The first kappa shape index (κ1) is 19.0. The highest BCUT2D eigenvalue weighted by Crippen LogP contribution is 2.29. The summed E-state index contributed by atoms with van der Waals surface area (Å²) in [7, 11) is 0. The van der Waals surface area contributed by atoms with Gasteiger partial charge in [-0.3, -0.25) is 0 Å². The SMILES string of the molecule is CCOc1ccc(CCCc2ccc(O)cc2OCC)c(OCC)c1. The predicted molar refractivity (Wildman–Crippen MR) is 100 cm³/mol. The summed E-state index contributed by atoms with van der Waals surface area (Å²) >= 11 is 0. The first-order valence-electron chi connectivity index (χ1n) is 9.01. The highest BCUT2D eigenvalue weighted by molar-refractivity contribution is 5.42. The van der Waals surface area contributed by atoms with Crippen molar-refractivity contribution in [2.45, 2.75) is 40.0 Å². The van der Waals surface area contributed by atoms with Crippen molar-refractivity contribution in [3.63, 3.8) is 0 Å². The number of benzene rings is 2. The van der Waals surface area contributed by atoms with Gasteiger partial charge < -0.3 is 19.3 Å². The average Bonchev–Trinajstić information content (AvgIpc) is 2.59. The van der Waals surface area contributed by atoms with Gasteiger partial charge in [0.25, 0.3) is 0 Å². The second kappa shape index (κ2) is 9.82. The zero-order chi connectivity index (χ0) is 18.1. The van der Waals surface area contributed by atoms with Crippen molar-refractivity contribution in [1.82, 2.24) is 0 Å². The van der Waals surface area contributed by atoms with E-state index < -0.39 is 0 Å². The summed E-state index contributed by atoms with van der Waals surface area (Å²) in [6.45, 7) is 7.77. The molecule has 0 atom stereocenters. The van der Waals surface area contributed by atoms with E-state index in [4.69, 9.17) is 14.2 Å². The Bertz CT molecular complexity index is 667. The number of rotatable bonds is 10. The molecule has 0 amide bonds. The van der Waals surface area contributed by atoms with Gasteiger partial charge in [0.05, 0.1) is 19.8 Å². The normalized spacial score (nSPS) is 10.5. The third kappa shape index (κ3) is 5.59. The summed E-state index contributed by atoms with van der Waals surface area (Å²) in [5.74, 6) is 2.73. The fourth-order valence-corrected chi connectivity index (χ4v) is 2.80. The smallest absolute Gasteiger partial charge is 0.126 e. The largest absolute Gasteiger partial charge is 0.508 e. The molecule has 0 aliphatic heterocycles. The van der Waals surface area contributed by atoms with Crippen molar-refractivity contribution in [2.24, 2.45) is 0 Å². The average molecular weight is 344 g/mol. The second-order valence-corrected chi connectivity index (χ2v) is 5.71. The lowest BCUT2D eigenvalue weighted by atomic mass is 10.0. The first-order valence-corrected chi connectivity index (χ1v) is 9.01. The minimum atomic E-state index is 0.234. The summed E-state index contributed by atoms with van der Waals surface area (Å²) in [5.41, 5.74) is 2.30. The molecule has 0 aliphatic carbocycles. The third-order valence-electron chi connectivity index (χ3n) is 3.89. The molecular formula is C21H28O4. The Labute approximate surface area is 150 Å². The number of hydrogen-bond acceptors (Lipinski definition) is 4. The quantitative estimate of drug-likeness (QED) is 0.675. The van der Waals surface area contributed by atoms with Crippen LogP contribution in [-0.4, -0.2) is 24.9 Å². The van der Waals surface area contributed by atoms with Crippen LogP contribution < -0.4 is 14.2 Å². The fourth-order valence-electron chi connectivity index (χ4n) is 2.80. The fraction of sp³-hybridized carbons (Fsp3) is 0.429. The van der Waals surface area contributed by atoms with Crippen molar-refractivity contribution in [3.8, 4) is 23.0 Å². The number of phenolic OH excluding ortho intramolecular Hbond substituents is 1. The van der Waals surface area contributed by atoms with E-state index in [-0.39, 0.29) is 5.75 Å².